The van der Waals surface area contributed by atoms with Gasteiger partial charge in [0.25, 0.3) is 5.56 Å². The third-order valence-electron chi connectivity index (χ3n) is 8.96. The molecule has 4 aliphatic carbocycles. The molecule has 7 heteroatoms. The molecule has 6 nitrogen and oxygen atoms in total. The van der Waals surface area contributed by atoms with Gasteiger partial charge in [-0.3, -0.25) is 9.36 Å². The summed E-state index contributed by atoms with van der Waals surface area (Å²) in [7, 11) is 0. The lowest BCUT2D eigenvalue weighted by atomic mass is 9.53. The fourth-order valence-electron chi connectivity index (χ4n) is 7.82. The zero-order valence-corrected chi connectivity index (χ0v) is 23.2. The zero-order valence-electron chi connectivity index (χ0n) is 21.6. The van der Waals surface area contributed by atoms with E-state index in [9.17, 15) is 9.59 Å². The predicted molar refractivity (Wildman–Crippen MR) is 150 cm³/mol. The van der Waals surface area contributed by atoms with Crippen molar-refractivity contribution in [1.82, 2.24) is 19.8 Å². The fraction of sp³-hybridized carbons (Fsp3) is 0.500. The van der Waals surface area contributed by atoms with E-state index in [-0.39, 0.29) is 23.2 Å². The molecule has 0 saturated heterocycles. The Morgan fingerprint density at radius 1 is 1.05 bits per heavy atom. The number of rotatable bonds is 6. The third kappa shape index (κ3) is 4.39. The molecule has 4 aliphatic rings. The minimum Gasteiger partial charge on any atom is -0.333 e. The monoisotopic (exact) mass is 562 g/mol. The highest BCUT2D eigenvalue weighted by atomic mass is 79.9. The molecular weight excluding hydrogens is 528 g/mol. The van der Waals surface area contributed by atoms with E-state index in [1.54, 1.807) is 4.57 Å². The topological polar surface area (TPSA) is 67.2 Å². The number of aromatic nitrogens is 2. The first-order chi connectivity index (χ1) is 17.9. The molecule has 0 aliphatic heterocycles. The van der Waals surface area contributed by atoms with Crippen LogP contribution in [-0.4, -0.2) is 32.6 Å². The molecule has 3 aromatic rings. The fourth-order valence-corrected chi connectivity index (χ4v) is 8.09. The van der Waals surface area contributed by atoms with Gasteiger partial charge in [0.15, 0.2) is 0 Å². The van der Waals surface area contributed by atoms with E-state index in [4.69, 9.17) is 4.98 Å². The number of nitrogens with zero attached hydrogens (tertiary/aromatic N) is 3. The van der Waals surface area contributed by atoms with Crippen LogP contribution in [0.25, 0.3) is 16.6 Å². The summed E-state index contributed by atoms with van der Waals surface area (Å²) >= 11 is 3.50. The molecule has 7 rings (SSSR count). The number of urea groups is 1. The first-order valence-corrected chi connectivity index (χ1v) is 14.6. The lowest BCUT2D eigenvalue weighted by Gasteiger charge is -2.57. The molecule has 37 heavy (non-hydrogen) atoms. The molecule has 0 spiro atoms. The van der Waals surface area contributed by atoms with Crippen molar-refractivity contribution < 1.29 is 4.79 Å². The van der Waals surface area contributed by atoms with Crippen LogP contribution < -0.4 is 10.9 Å². The van der Waals surface area contributed by atoms with Crippen molar-refractivity contribution in [3.05, 3.63) is 69.2 Å². The highest BCUT2D eigenvalue weighted by molar-refractivity contribution is 9.10. The van der Waals surface area contributed by atoms with E-state index in [0.29, 0.717) is 29.7 Å². The Hall–Kier alpha value is -2.67. The Labute approximate surface area is 226 Å². The second kappa shape index (κ2) is 9.57. The minimum atomic E-state index is -0.333. The van der Waals surface area contributed by atoms with Gasteiger partial charge in [0, 0.05) is 16.6 Å². The Morgan fingerprint density at radius 3 is 2.27 bits per heavy atom. The highest BCUT2D eigenvalue weighted by Crippen LogP contribution is 2.55. The van der Waals surface area contributed by atoms with Gasteiger partial charge in [-0.15, -0.1) is 0 Å². The van der Waals surface area contributed by atoms with Crippen molar-refractivity contribution in [3.63, 3.8) is 0 Å². The van der Waals surface area contributed by atoms with Crippen molar-refractivity contribution in [1.29, 1.82) is 0 Å². The summed E-state index contributed by atoms with van der Waals surface area (Å²) in [6.45, 7) is 4.63. The number of amides is 2. The van der Waals surface area contributed by atoms with Gasteiger partial charge in [-0.25, -0.2) is 9.78 Å². The Kier molecular flexibility index (Phi) is 6.38. The number of benzene rings is 2. The average Bonchev–Trinajstić information content (AvgIpc) is 2.87. The van der Waals surface area contributed by atoms with Crippen molar-refractivity contribution in [2.75, 3.05) is 6.54 Å². The average molecular weight is 564 g/mol. The largest absolute Gasteiger partial charge is 0.333 e. The molecule has 194 valence electrons. The molecule has 1 unspecified atom stereocenters. The molecule has 1 heterocycles. The number of nitrogens with one attached hydrogen (secondary N) is 1. The quantitative estimate of drug-likeness (QED) is 0.368. The minimum absolute atomic E-state index is 0.0268. The van der Waals surface area contributed by atoms with Crippen LogP contribution in [0.2, 0.25) is 0 Å². The smallest absolute Gasteiger partial charge is 0.318 e. The van der Waals surface area contributed by atoms with Gasteiger partial charge in [0.05, 0.1) is 22.6 Å². The Morgan fingerprint density at radius 2 is 1.68 bits per heavy atom. The Balaban J connectivity index is 1.40. The molecule has 1 atom stereocenters. The predicted octanol–water partition coefficient (Wildman–Crippen LogP) is 6.60. The maximum Gasteiger partial charge on any atom is 0.318 e. The van der Waals surface area contributed by atoms with Crippen molar-refractivity contribution in [3.8, 4) is 5.69 Å². The van der Waals surface area contributed by atoms with Gasteiger partial charge in [0.2, 0.25) is 0 Å². The van der Waals surface area contributed by atoms with Crippen LogP contribution >= 0.6 is 15.9 Å². The lowest BCUT2D eigenvalue weighted by Crippen LogP contribution is -2.62. The van der Waals surface area contributed by atoms with Crippen molar-refractivity contribution in [2.24, 2.45) is 17.8 Å². The first-order valence-electron chi connectivity index (χ1n) is 13.8. The summed E-state index contributed by atoms with van der Waals surface area (Å²) in [4.78, 5) is 34.7. The molecule has 1 aromatic heterocycles. The summed E-state index contributed by atoms with van der Waals surface area (Å²) in [6, 6.07) is 14.8. The van der Waals surface area contributed by atoms with E-state index >= 15 is 0 Å². The van der Waals surface area contributed by atoms with Crippen LogP contribution in [-0.2, 0) is 0 Å². The van der Waals surface area contributed by atoms with Crippen LogP contribution in [0.15, 0.2) is 57.8 Å². The Bertz CT molecular complexity index is 1350. The summed E-state index contributed by atoms with van der Waals surface area (Å²) in [5, 5.41) is 4.12. The van der Waals surface area contributed by atoms with Crippen molar-refractivity contribution in [2.45, 2.75) is 70.4 Å². The summed E-state index contributed by atoms with van der Waals surface area (Å²) < 4.78 is 2.64. The number of hydrogen-bond acceptors (Lipinski definition) is 3. The SMILES string of the molecule is CCC(c1nc2ccccc2c(=O)n1-c1ccc(Br)cc1)N(CC)C(=O)NC12CC3CC(CC(C3)C1)C2. The molecule has 4 saturated carbocycles. The zero-order chi connectivity index (χ0) is 25.7. The molecule has 2 amide bonds. The molecule has 4 fully saturated rings. The second-order valence-electron chi connectivity index (χ2n) is 11.4. The van der Waals surface area contributed by atoms with Crippen LogP contribution in [0.3, 0.4) is 0 Å². The van der Waals surface area contributed by atoms with Crippen molar-refractivity contribution >= 4 is 32.9 Å². The van der Waals surface area contributed by atoms with Gasteiger partial charge in [-0.1, -0.05) is 35.0 Å². The van der Waals surface area contributed by atoms with Crippen LogP contribution in [0.5, 0.6) is 0 Å². The molecule has 0 radical (unpaired) electrons. The van der Waals surface area contributed by atoms with Gasteiger partial charge in [-0.05, 0) is 106 Å². The summed E-state index contributed by atoms with van der Waals surface area (Å²) in [6.07, 6.45) is 7.99. The number of carbonyl (C=O) groups is 1. The van der Waals surface area contributed by atoms with E-state index in [2.05, 4.69) is 28.2 Å². The first kappa shape index (κ1) is 24.7. The number of para-hydroxylation sites is 1. The van der Waals surface area contributed by atoms with Crippen LogP contribution in [0, 0.1) is 17.8 Å². The van der Waals surface area contributed by atoms with E-state index < -0.39 is 0 Å². The number of halogens is 1. The van der Waals surface area contributed by atoms with E-state index in [1.807, 2.05) is 60.4 Å². The van der Waals surface area contributed by atoms with Gasteiger partial charge >= 0.3 is 6.03 Å². The molecular formula is C30H35BrN4O2. The lowest BCUT2D eigenvalue weighted by molar-refractivity contribution is -0.0164. The third-order valence-corrected chi connectivity index (χ3v) is 9.49. The molecule has 1 N–H and O–H groups in total. The number of carbonyl (C=O) groups excluding carboxylic acids is 1. The number of fused-ring (bicyclic) bond motifs is 1. The standard InChI is InChI=1S/C30H35BrN4O2/c1-3-26(34(4-2)29(37)33-30-16-19-13-20(17-30)15-21(14-19)18-30)27-32-25-8-6-5-7-24(25)28(36)35(27)23-11-9-22(31)10-12-23/h5-12,19-21,26H,3-4,13-18H2,1-2H3,(H,33,37). The normalized spacial score (nSPS) is 26.8. The summed E-state index contributed by atoms with van der Waals surface area (Å²) in [5.74, 6) is 2.88. The van der Waals surface area contributed by atoms with Gasteiger partial charge in [0.1, 0.15) is 5.82 Å². The summed E-state index contributed by atoms with van der Waals surface area (Å²) in [5.41, 5.74) is 1.22. The van der Waals surface area contributed by atoms with E-state index in [1.165, 1.54) is 19.3 Å². The van der Waals surface area contributed by atoms with Crippen LogP contribution in [0.1, 0.15) is 70.7 Å². The number of hydrogen-bond donors (Lipinski definition) is 1. The highest BCUT2D eigenvalue weighted by Gasteiger charge is 2.52. The van der Waals surface area contributed by atoms with Gasteiger partial charge in [-0.2, -0.15) is 0 Å². The van der Waals surface area contributed by atoms with Gasteiger partial charge < -0.3 is 10.2 Å². The van der Waals surface area contributed by atoms with E-state index in [0.717, 1.165) is 47.2 Å². The van der Waals surface area contributed by atoms with Crippen LogP contribution in [0.4, 0.5) is 4.79 Å². The maximum absolute atomic E-state index is 14.0. The molecule has 4 bridgehead atoms. The molecule has 2 aromatic carbocycles. The maximum atomic E-state index is 14.0. The second-order valence-corrected chi connectivity index (χ2v) is 12.4.